The van der Waals surface area contributed by atoms with Crippen molar-refractivity contribution in [1.29, 1.82) is 0 Å². The van der Waals surface area contributed by atoms with E-state index in [2.05, 4.69) is 10.3 Å². The quantitative estimate of drug-likeness (QED) is 0.886. The van der Waals surface area contributed by atoms with Gasteiger partial charge in [-0.05, 0) is 25.1 Å². The summed E-state index contributed by atoms with van der Waals surface area (Å²) in [5.41, 5.74) is 7.79. The lowest BCUT2D eigenvalue weighted by Crippen LogP contribution is -2.25. The van der Waals surface area contributed by atoms with E-state index in [9.17, 15) is 4.39 Å². The molecule has 2 aromatic rings. The highest BCUT2D eigenvalue weighted by Crippen LogP contribution is 2.30. The molecule has 0 amide bonds. The number of halogens is 2. The fraction of sp³-hybridized carbons (Fsp3) is 0.267. The van der Waals surface area contributed by atoms with E-state index < -0.39 is 5.82 Å². The van der Waals surface area contributed by atoms with Crippen molar-refractivity contribution in [2.45, 2.75) is 19.4 Å². The van der Waals surface area contributed by atoms with Crippen molar-refractivity contribution in [3.8, 4) is 0 Å². The Kier molecular flexibility index (Phi) is 4.93. The smallest absolute Gasteiger partial charge is 0.146 e. The molecule has 1 aromatic carbocycles. The highest BCUT2D eigenvalue weighted by atomic mass is 35.5. The zero-order valence-electron chi connectivity index (χ0n) is 11.2. The first-order valence-corrected chi connectivity index (χ1v) is 6.89. The molecular formula is C15H17ClFN3. The Balaban J connectivity index is 2.47. The maximum absolute atomic E-state index is 14.3. The molecule has 20 heavy (non-hydrogen) atoms. The van der Waals surface area contributed by atoms with E-state index >= 15 is 0 Å². The lowest BCUT2D eigenvalue weighted by molar-refractivity contribution is 0.547. The normalized spacial score (nSPS) is 12.3. The highest BCUT2D eigenvalue weighted by molar-refractivity contribution is 6.30. The number of anilines is 1. The van der Waals surface area contributed by atoms with E-state index in [1.165, 1.54) is 6.07 Å². The molecule has 0 fully saturated rings. The second kappa shape index (κ2) is 6.68. The minimum Gasteiger partial charge on any atom is -0.398 e. The van der Waals surface area contributed by atoms with E-state index in [-0.39, 0.29) is 11.1 Å². The third-order valence-corrected chi connectivity index (χ3v) is 3.38. The molecule has 0 saturated carbocycles. The lowest BCUT2D eigenvalue weighted by atomic mass is 9.98. The summed E-state index contributed by atoms with van der Waals surface area (Å²) in [6, 6.07) is 6.32. The number of nitrogens with zero attached hydrogens (tertiary/aromatic N) is 1. The van der Waals surface area contributed by atoms with Crippen molar-refractivity contribution < 1.29 is 4.39 Å². The molecule has 1 heterocycles. The van der Waals surface area contributed by atoms with Gasteiger partial charge in [-0.15, -0.1) is 0 Å². The van der Waals surface area contributed by atoms with Crippen molar-refractivity contribution in [2.24, 2.45) is 0 Å². The maximum atomic E-state index is 14.3. The zero-order valence-corrected chi connectivity index (χ0v) is 12.0. The SMILES string of the molecule is CCCNC(c1cnccc1N)c1cccc(Cl)c1F. The van der Waals surface area contributed by atoms with Crippen molar-refractivity contribution in [3.63, 3.8) is 0 Å². The molecule has 3 nitrogen and oxygen atoms in total. The molecule has 106 valence electrons. The van der Waals surface area contributed by atoms with E-state index in [0.717, 1.165) is 18.5 Å². The number of aromatic nitrogens is 1. The minimum atomic E-state index is -0.425. The number of rotatable bonds is 5. The third kappa shape index (κ3) is 3.08. The molecule has 2 rings (SSSR count). The predicted octanol–water partition coefficient (Wildman–Crippen LogP) is 3.55. The van der Waals surface area contributed by atoms with Crippen LogP contribution in [0.25, 0.3) is 0 Å². The van der Waals surface area contributed by atoms with Gasteiger partial charge in [-0.3, -0.25) is 4.98 Å². The summed E-state index contributed by atoms with van der Waals surface area (Å²) in [6.07, 6.45) is 4.20. The van der Waals surface area contributed by atoms with Gasteiger partial charge in [-0.1, -0.05) is 30.7 Å². The van der Waals surface area contributed by atoms with Crippen LogP contribution in [0.2, 0.25) is 5.02 Å². The molecule has 1 atom stereocenters. The zero-order chi connectivity index (χ0) is 14.5. The summed E-state index contributed by atoms with van der Waals surface area (Å²) < 4.78 is 14.3. The molecule has 1 unspecified atom stereocenters. The molecule has 5 heteroatoms. The van der Waals surface area contributed by atoms with Crippen molar-refractivity contribution in [1.82, 2.24) is 10.3 Å². The van der Waals surface area contributed by atoms with Gasteiger partial charge < -0.3 is 11.1 Å². The first-order chi connectivity index (χ1) is 9.65. The monoisotopic (exact) mass is 293 g/mol. The fourth-order valence-corrected chi connectivity index (χ4v) is 2.26. The van der Waals surface area contributed by atoms with E-state index in [4.69, 9.17) is 17.3 Å². The molecule has 0 aliphatic rings. The Labute approximate surface area is 123 Å². The van der Waals surface area contributed by atoms with Gasteiger partial charge in [0.25, 0.3) is 0 Å². The van der Waals surface area contributed by atoms with Crippen LogP contribution >= 0.6 is 11.6 Å². The Morgan fingerprint density at radius 1 is 1.35 bits per heavy atom. The molecule has 0 aliphatic carbocycles. The molecule has 3 N–H and O–H groups in total. The number of nitrogens with one attached hydrogen (secondary N) is 1. The van der Waals surface area contributed by atoms with Crippen LogP contribution in [0.5, 0.6) is 0 Å². The first kappa shape index (κ1) is 14.8. The molecule has 0 radical (unpaired) electrons. The van der Waals surface area contributed by atoms with E-state index in [0.29, 0.717) is 11.3 Å². The summed E-state index contributed by atoms with van der Waals surface area (Å²) in [4.78, 5) is 4.08. The van der Waals surface area contributed by atoms with Crippen LogP contribution in [0, 0.1) is 5.82 Å². The summed E-state index contributed by atoms with van der Waals surface area (Å²) in [5.74, 6) is -0.425. The molecule has 0 spiro atoms. The van der Waals surface area contributed by atoms with Gasteiger partial charge in [0.15, 0.2) is 0 Å². The topological polar surface area (TPSA) is 50.9 Å². The number of hydrogen-bond acceptors (Lipinski definition) is 3. The Hall–Kier alpha value is -1.65. The number of hydrogen-bond donors (Lipinski definition) is 2. The standard InChI is InChI=1S/C15H17ClFN3/c1-2-7-20-15(11-9-19-8-6-13(11)18)10-4-3-5-12(16)14(10)17/h3-6,8-9,15,20H,2,7H2,1H3,(H2,18,19). The lowest BCUT2D eigenvalue weighted by Gasteiger charge is -2.21. The first-order valence-electron chi connectivity index (χ1n) is 6.51. The van der Waals surface area contributed by atoms with Gasteiger partial charge in [0, 0.05) is 29.2 Å². The van der Waals surface area contributed by atoms with Crippen LogP contribution in [-0.2, 0) is 0 Å². The summed E-state index contributed by atoms with van der Waals surface area (Å²) in [6.45, 7) is 2.79. The van der Waals surface area contributed by atoms with Crippen LogP contribution in [0.15, 0.2) is 36.7 Å². The van der Waals surface area contributed by atoms with Gasteiger partial charge in [0.1, 0.15) is 5.82 Å². The molecule has 0 aliphatic heterocycles. The number of pyridine rings is 1. The average Bonchev–Trinajstić information content (AvgIpc) is 2.45. The number of nitrogen functional groups attached to an aromatic ring is 1. The van der Waals surface area contributed by atoms with Crippen LogP contribution < -0.4 is 11.1 Å². The largest absolute Gasteiger partial charge is 0.398 e. The number of nitrogens with two attached hydrogens (primary N) is 1. The summed E-state index contributed by atoms with van der Waals surface area (Å²) in [5, 5.41) is 3.40. The van der Waals surface area contributed by atoms with Crippen molar-refractivity contribution >= 4 is 17.3 Å². The molecule has 0 bridgehead atoms. The van der Waals surface area contributed by atoms with E-state index in [1.807, 2.05) is 6.92 Å². The van der Waals surface area contributed by atoms with Crippen LogP contribution in [0.4, 0.5) is 10.1 Å². The van der Waals surface area contributed by atoms with E-state index in [1.54, 1.807) is 30.6 Å². The fourth-order valence-electron chi connectivity index (χ4n) is 2.08. The van der Waals surface area contributed by atoms with Gasteiger partial charge in [-0.25, -0.2) is 4.39 Å². The average molecular weight is 294 g/mol. The predicted molar refractivity (Wildman–Crippen MR) is 80.2 cm³/mol. The van der Waals surface area contributed by atoms with Crippen LogP contribution in [-0.4, -0.2) is 11.5 Å². The van der Waals surface area contributed by atoms with Gasteiger partial charge in [0.05, 0.1) is 11.1 Å². The second-order valence-corrected chi connectivity index (χ2v) is 4.94. The summed E-state index contributed by atoms with van der Waals surface area (Å²) in [7, 11) is 0. The van der Waals surface area contributed by atoms with Gasteiger partial charge >= 0.3 is 0 Å². The number of benzene rings is 1. The van der Waals surface area contributed by atoms with Crippen molar-refractivity contribution in [2.75, 3.05) is 12.3 Å². The summed E-state index contributed by atoms with van der Waals surface area (Å²) >= 11 is 5.87. The minimum absolute atomic E-state index is 0.105. The third-order valence-electron chi connectivity index (χ3n) is 3.09. The van der Waals surface area contributed by atoms with Gasteiger partial charge in [0.2, 0.25) is 0 Å². The molecular weight excluding hydrogens is 277 g/mol. The Bertz CT molecular complexity index is 589. The Morgan fingerprint density at radius 3 is 2.85 bits per heavy atom. The Morgan fingerprint density at radius 2 is 2.15 bits per heavy atom. The highest BCUT2D eigenvalue weighted by Gasteiger charge is 2.20. The second-order valence-electron chi connectivity index (χ2n) is 4.53. The van der Waals surface area contributed by atoms with Crippen molar-refractivity contribution in [3.05, 3.63) is 58.6 Å². The molecule has 1 aromatic heterocycles. The van der Waals surface area contributed by atoms with Gasteiger partial charge in [-0.2, -0.15) is 0 Å². The van der Waals surface area contributed by atoms with Crippen LogP contribution in [0.3, 0.4) is 0 Å². The molecule has 0 saturated heterocycles. The van der Waals surface area contributed by atoms with Crippen LogP contribution in [0.1, 0.15) is 30.5 Å². The maximum Gasteiger partial charge on any atom is 0.146 e.